The Kier molecular flexibility index (Phi) is 6.31. The van der Waals surface area contributed by atoms with E-state index in [2.05, 4.69) is 59.2 Å². The van der Waals surface area contributed by atoms with Crippen LogP contribution in [0.25, 0.3) is 5.65 Å². The van der Waals surface area contributed by atoms with Crippen molar-refractivity contribution in [2.45, 2.75) is 56.5 Å². The number of carbonyl (C=O) groups is 2. The SMILES string of the molecule is Cc1ccnc([C@H]2C[C@@H]2C(=O)Nc2cc(N[C@H](C)c3cn4cc(C5CC5)cc(N5CC6(CN(C)C6)N(C)C5=O)c4n3)ncn2)n1. The maximum atomic E-state index is 13.5. The van der Waals surface area contributed by atoms with E-state index < -0.39 is 0 Å². The average molecular weight is 608 g/mol. The van der Waals surface area contributed by atoms with E-state index in [9.17, 15) is 9.59 Å². The third kappa shape index (κ3) is 4.95. The Hall–Kier alpha value is -4.65. The summed E-state index contributed by atoms with van der Waals surface area (Å²) in [5, 5.41) is 6.35. The lowest BCUT2D eigenvalue weighted by Crippen LogP contribution is -2.67. The number of amides is 3. The molecule has 3 amide bonds. The van der Waals surface area contributed by atoms with Gasteiger partial charge in [-0.1, -0.05) is 0 Å². The summed E-state index contributed by atoms with van der Waals surface area (Å²) in [5.41, 5.74) is 4.43. The summed E-state index contributed by atoms with van der Waals surface area (Å²) in [6.07, 6.45) is 10.4. The first-order chi connectivity index (χ1) is 21.7. The first-order valence-corrected chi connectivity index (χ1v) is 15.6. The minimum absolute atomic E-state index is 0.0214. The standard InChI is InChI=1S/C32H37N11O2/c1-18-7-8-33-28(36-18)22-10-23(22)30(44)39-27-11-26(34-17-35-27)37-19(2)24-13-42-12-21(20-5-6-20)9-25(29(42)38-24)43-16-32(14-40(3)15-32)41(4)31(43)45/h7-9,11-13,17,19-20,22-23H,5-6,10,14-16H2,1-4H3,(H2,34,35,37,39,44)/t19-,22+,23+/m1/s1. The molecule has 4 fully saturated rings. The minimum Gasteiger partial charge on any atom is -0.362 e. The Balaban J connectivity index is 1.00. The first kappa shape index (κ1) is 27.9. The Morgan fingerprint density at radius 1 is 1.04 bits per heavy atom. The molecule has 13 heteroatoms. The summed E-state index contributed by atoms with van der Waals surface area (Å²) in [6, 6.07) is 5.58. The lowest BCUT2D eigenvalue weighted by atomic mass is 9.90. The number of pyridine rings is 1. The second kappa shape index (κ2) is 10.2. The van der Waals surface area contributed by atoms with Gasteiger partial charge in [-0.05, 0) is 63.8 Å². The van der Waals surface area contributed by atoms with Crippen molar-refractivity contribution >= 4 is 34.9 Å². The molecule has 4 aromatic rings. The van der Waals surface area contributed by atoms with Crippen molar-refractivity contribution in [2.75, 3.05) is 49.3 Å². The van der Waals surface area contributed by atoms with Gasteiger partial charge in [0.05, 0.1) is 29.5 Å². The number of fused-ring (bicyclic) bond motifs is 1. The van der Waals surface area contributed by atoms with Gasteiger partial charge in [-0.25, -0.2) is 29.7 Å². The monoisotopic (exact) mass is 607 g/mol. The van der Waals surface area contributed by atoms with Crippen molar-refractivity contribution in [1.82, 2.24) is 39.1 Å². The quantitative estimate of drug-likeness (QED) is 0.308. The molecule has 1 spiro atoms. The number of urea groups is 1. The van der Waals surface area contributed by atoms with Crippen LogP contribution in [-0.2, 0) is 4.79 Å². The minimum atomic E-state index is -0.199. The van der Waals surface area contributed by atoms with Gasteiger partial charge in [0, 0.05) is 62.3 Å². The van der Waals surface area contributed by atoms with Gasteiger partial charge in [0.2, 0.25) is 5.91 Å². The predicted octanol–water partition coefficient (Wildman–Crippen LogP) is 3.57. The molecule has 0 aromatic carbocycles. The van der Waals surface area contributed by atoms with Gasteiger partial charge in [0.25, 0.3) is 0 Å². The number of aryl methyl sites for hydroxylation is 1. The molecule has 6 heterocycles. The van der Waals surface area contributed by atoms with Crippen LogP contribution in [0.4, 0.5) is 22.1 Å². The number of anilines is 3. The van der Waals surface area contributed by atoms with Crippen LogP contribution in [0.1, 0.15) is 66.8 Å². The summed E-state index contributed by atoms with van der Waals surface area (Å²) in [5.74, 6) is 2.00. The number of aromatic nitrogens is 6. The number of imidazole rings is 1. The molecule has 3 atom stereocenters. The first-order valence-electron chi connectivity index (χ1n) is 15.6. The zero-order valence-corrected chi connectivity index (χ0v) is 25.9. The Labute approximate surface area is 261 Å². The fourth-order valence-electron chi connectivity index (χ4n) is 6.92. The maximum Gasteiger partial charge on any atom is 0.325 e. The van der Waals surface area contributed by atoms with Gasteiger partial charge in [-0.15, -0.1) is 0 Å². The van der Waals surface area contributed by atoms with Crippen molar-refractivity contribution < 1.29 is 9.59 Å². The van der Waals surface area contributed by atoms with Crippen molar-refractivity contribution in [3.8, 4) is 0 Å². The lowest BCUT2D eigenvalue weighted by Gasteiger charge is -2.49. The highest BCUT2D eigenvalue weighted by Crippen LogP contribution is 2.47. The Bertz CT molecular complexity index is 1830. The molecule has 2 aliphatic carbocycles. The number of hydrogen-bond acceptors (Lipinski definition) is 9. The zero-order valence-electron chi connectivity index (χ0n) is 25.9. The van der Waals surface area contributed by atoms with E-state index in [1.165, 1.54) is 24.7 Å². The van der Waals surface area contributed by atoms with Crippen molar-refractivity contribution in [3.63, 3.8) is 0 Å². The molecule has 13 nitrogen and oxygen atoms in total. The smallest absolute Gasteiger partial charge is 0.325 e. The van der Waals surface area contributed by atoms with Crippen LogP contribution in [0.5, 0.6) is 0 Å². The molecule has 8 rings (SSSR count). The number of carbonyl (C=O) groups excluding carboxylic acids is 2. The molecular weight excluding hydrogens is 570 g/mol. The lowest BCUT2D eigenvalue weighted by molar-refractivity contribution is -0.117. The number of hydrogen-bond donors (Lipinski definition) is 2. The van der Waals surface area contributed by atoms with E-state index in [0.717, 1.165) is 42.2 Å². The molecule has 4 aromatic heterocycles. The largest absolute Gasteiger partial charge is 0.362 e. The second-order valence-corrected chi connectivity index (χ2v) is 13.3. The topological polar surface area (TPSA) is 137 Å². The molecule has 2 saturated carbocycles. The van der Waals surface area contributed by atoms with Crippen LogP contribution >= 0.6 is 0 Å². The fraction of sp³-hybridized carbons (Fsp3) is 0.469. The van der Waals surface area contributed by atoms with Crippen LogP contribution in [0, 0.1) is 12.8 Å². The number of rotatable bonds is 8. The summed E-state index contributed by atoms with van der Waals surface area (Å²) < 4.78 is 2.07. The normalized spacial score (nSPS) is 23.0. The summed E-state index contributed by atoms with van der Waals surface area (Å²) >= 11 is 0. The second-order valence-electron chi connectivity index (χ2n) is 13.3. The van der Waals surface area contributed by atoms with Crippen LogP contribution in [0.15, 0.2) is 43.1 Å². The molecule has 0 unspecified atom stereocenters. The van der Waals surface area contributed by atoms with Crippen molar-refractivity contribution in [2.24, 2.45) is 5.92 Å². The highest BCUT2D eigenvalue weighted by atomic mass is 16.2. The molecule has 232 valence electrons. The predicted molar refractivity (Wildman–Crippen MR) is 168 cm³/mol. The molecule has 2 aliphatic heterocycles. The van der Waals surface area contributed by atoms with Crippen LogP contribution in [0.3, 0.4) is 0 Å². The van der Waals surface area contributed by atoms with Crippen LogP contribution < -0.4 is 15.5 Å². The molecule has 2 saturated heterocycles. The van der Waals surface area contributed by atoms with E-state index >= 15 is 0 Å². The van der Waals surface area contributed by atoms with Gasteiger partial charge < -0.3 is 24.8 Å². The molecule has 0 bridgehead atoms. The third-order valence-corrected chi connectivity index (χ3v) is 9.72. The third-order valence-electron chi connectivity index (χ3n) is 9.72. The fourth-order valence-corrected chi connectivity index (χ4v) is 6.92. The highest BCUT2D eigenvalue weighted by molar-refractivity contribution is 5.99. The van der Waals surface area contributed by atoms with Gasteiger partial charge in [-0.3, -0.25) is 9.69 Å². The van der Waals surface area contributed by atoms with E-state index in [-0.39, 0.29) is 35.4 Å². The van der Waals surface area contributed by atoms with Crippen LogP contribution in [-0.4, -0.2) is 90.3 Å². The highest BCUT2D eigenvalue weighted by Gasteiger charge is 2.54. The summed E-state index contributed by atoms with van der Waals surface area (Å²) in [6.45, 7) is 6.34. The maximum absolute atomic E-state index is 13.5. The zero-order chi connectivity index (χ0) is 31.0. The molecule has 4 aliphatic rings. The Morgan fingerprint density at radius 3 is 2.60 bits per heavy atom. The molecule has 2 N–H and O–H groups in total. The summed E-state index contributed by atoms with van der Waals surface area (Å²) in [4.78, 5) is 55.1. The van der Waals surface area contributed by atoms with Gasteiger partial charge >= 0.3 is 6.03 Å². The number of likely N-dealkylation sites (tertiary alicyclic amines) is 1. The average Bonchev–Trinajstić information content (AvgIpc) is 3.93. The van der Waals surface area contributed by atoms with E-state index in [4.69, 9.17) is 4.98 Å². The van der Waals surface area contributed by atoms with Crippen molar-refractivity contribution in [1.29, 1.82) is 0 Å². The van der Waals surface area contributed by atoms with E-state index in [1.54, 1.807) is 12.3 Å². The Morgan fingerprint density at radius 2 is 1.84 bits per heavy atom. The number of likely N-dealkylation sites (N-methyl/N-ethyl adjacent to an activating group) is 2. The number of nitrogens with zero attached hydrogens (tertiary/aromatic N) is 9. The van der Waals surface area contributed by atoms with Gasteiger partial charge in [0.1, 0.15) is 23.8 Å². The van der Waals surface area contributed by atoms with Gasteiger partial charge in [-0.2, -0.15) is 0 Å². The van der Waals surface area contributed by atoms with Crippen molar-refractivity contribution in [3.05, 3.63) is 65.9 Å². The number of nitrogens with one attached hydrogen (secondary N) is 2. The molecule has 45 heavy (non-hydrogen) atoms. The summed E-state index contributed by atoms with van der Waals surface area (Å²) in [7, 11) is 4.01. The van der Waals surface area contributed by atoms with E-state index in [0.29, 0.717) is 29.9 Å². The molecular formula is C32H37N11O2. The van der Waals surface area contributed by atoms with Gasteiger partial charge in [0.15, 0.2) is 5.65 Å². The van der Waals surface area contributed by atoms with E-state index in [1.807, 2.05) is 43.0 Å². The van der Waals surface area contributed by atoms with Crippen LogP contribution in [0.2, 0.25) is 0 Å². The molecule has 0 radical (unpaired) electrons.